The zero-order chi connectivity index (χ0) is 17.2. The summed E-state index contributed by atoms with van der Waals surface area (Å²) in [7, 11) is 0. The molecular formula is C17H31IN4O3. The van der Waals surface area contributed by atoms with Crippen molar-refractivity contribution in [1.82, 2.24) is 15.6 Å². The molecule has 2 N–H and O–H groups in total. The molecule has 7 nitrogen and oxygen atoms in total. The molecule has 0 saturated carbocycles. The third-order valence-electron chi connectivity index (χ3n) is 3.92. The molecule has 1 aliphatic heterocycles. The van der Waals surface area contributed by atoms with E-state index in [4.69, 9.17) is 13.9 Å². The smallest absolute Gasteiger partial charge is 0.216 e. The molecule has 0 radical (unpaired) electrons. The van der Waals surface area contributed by atoms with Gasteiger partial charge in [0.2, 0.25) is 5.89 Å². The number of oxazole rings is 1. The van der Waals surface area contributed by atoms with Crippen molar-refractivity contribution in [3.63, 3.8) is 0 Å². The van der Waals surface area contributed by atoms with Crippen LogP contribution in [0.25, 0.3) is 0 Å². The van der Waals surface area contributed by atoms with E-state index in [1.807, 2.05) is 20.8 Å². The Labute approximate surface area is 167 Å². The van der Waals surface area contributed by atoms with Crippen LogP contribution in [-0.4, -0.2) is 50.5 Å². The summed E-state index contributed by atoms with van der Waals surface area (Å²) in [4.78, 5) is 8.84. The first-order valence-corrected chi connectivity index (χ1v) is 8.79. The predicted molar refractivity (Wildman–Crippen MR) is 109 cm³/mol. The van der Waals surface area contributed by atoms with Crippen LogP contribution < -0.4 is 10.6 Å². The molecular weight excluding hydrogens is 435 g/mol. The van der Waals surface area contributed by atoms with E-state index in [9.17, 15) is 0 Å². The number of aryl methyl sites for hydroxylation is 2. The molecule has 1 aromatic rings. The van der Waals surface area contributed by atoms with E-state index in [2.05, 4.69) is 20.6 Å². The molecule has 1 aromatic heterocycles. The van der Waals surface area contributed by atoms with Gasteiger partial charge in [-0.1, -0.05) is 0 Å². The van der Waals surface area contributed by atoms with Gasteiger partial charge >= 0.3 is 0 Å². The molecule has 0 aromatic carbocycles. The topological polar surface area (TPSA) is 80.9 Å². The van der Waals surface area contributed by atoms with Crippen LogP contribution in [0.4, 0.5) is 0 Å². The first-order valence-electron chi connectivity index (χ1n) is 8.79. The minimum Gasteiger partial charge on any atom is -0.444 e. The lowest BCUT2D eigenvalue weighted by Crippen LogP contribution is -2.38. The maximum atomic E-state index is 5.70. The molecule has 1 atom stereocenters. The van der Waals surface area contributed by atoms with E-state index >= 15 is 0 Å². The quantitative estimate of drug-likeness (QED) is 0.252. The summed E-state index contributed by atoms with van der Waals surface area (Å²) in [5, 5.41) is 6.53. The van der Waals surface area contributed by atoms with E-state index in [-0.39, 0.29) is 24.0 Å². The highest BCUT2D eigenvalue weighted by Crippen LogP contribution is 2.12. The third-order valence-corrected chi connectivity index (χ3v) is 3.92. The van der Waals surface area contributed by atoms with Gasteiger partial charge in [-0.3, -0.25) is 0 Å². The van der Waals surface area contributed by atoms with E-state index in [0.717, 1.165) is 69.8 Å². The highest BCUT2D eigenvalue weighted by atomic mass is 127. The minimum atomic E-state index is 0. The second-order valence-electron chi connectivity index (χ2n) is 6.03. The van der Waals surface area contributed by atoms with Crippen LogP contribution in [0.2, 0.25) is 0 Å². The fraction of sp³-hybridized carbons (Fsp3) is 0.765. The van der Waals surface area contributed by atoms with Crippen LogP contribution in [0.15, 0.2) is 9.41 Å². The van der Waals surface area contributed by atoms with E-state index in [0.29, 0.717) is 18.4 Å². The lowest BCUT2D eigenvalue weighted by Gasteiger charge is -2.12. The van der Waals surface area contributed by atoms with Crippen molar-refractivity contribution >= 4 is 29.9 Å². The van der Waals surface area contributed by atoms with Crippen molar-refractivity contribution in [2.75, 3.05) is 39.5 Å². The lowest BCUT2D eigenvalue weighted by atomic mass is 10.1. The van der Waals surface area contributed by atoms with Gasteiger partial charge in [0.05, 0.1) is 18.9 Å². The molecule has 0 aliphatic carbocycles. The first kappa shape index (κ1) is 22.2. The Hall–Kier alpha value is -0.870. The number of nitrogens with one attached hydrogen (secondary N) is 2. The van der Waals surface area contributed by atoms with Crippen LogP contribution in [0.5, 0.6) is 0 Å². The maximum Gasteiger partial charge on any atom is 0.216 e. The summed E-state index contributed by atoms with van der Waals surface area (Å²) < 4.78 is 16.6. The fourth-order valence-corrected chi connectivity index (χ4v) is 2.44. The molecule has 1 fully saturated rings. The second-order valence-corrected chi connectivity index (χ2v) is 6.03. The predicted octanol–water partition coefficient (Wildman–Crippen LogP) is 2.41. The summed E-state index contributed by atoms with van der Waals surface area (Å²) in [6.07, 6.45) is 2.06. The molecule has 8 heteroatoms. The van der Waals surface area contributed by atoms with Crippen LogP contribution in [0.1, 0.15) is 37.1 Å². The summed E-state index contributed by atoms with van der Waals surface area (Å²) in [5.74, 6) is 2.84. The van der Waals surface area contributed by atoms with Crippen LogP contribution in [-0.2, 0) is 16.0 Å². The van der Waals surface area contributed by atoms with Crippen LogP contribution in [0, 0.1) is 19.8 Å². The van der Waals surface area contributed by atoms with Gasteiger partial charge in [-0.25, -0.2) is 9.98 Å². The number of aromatic nitrogens is 1. The highest BCUT2D eigenvalue weighted by molar-refractivity contribution is 14.0. The number of hydrogen-bond acceptors (Lipinski definition) is 5. The van der Waals surface area contributed by atoms with E-state index in [1.165, 1.54) is 0 Å². The largest absolute Gasteiger partial charge is 0.444 e. The molecule has 1 aliphatic rings. The van der Waals surface area contributed by atoms with Gasteiger partial charge in [-0.05, 0) is 33.6 Å². The van der Waals surface area contributed by atoms with Crippen molar-refractivity contribution in [2.45, 2.75) is 40.2 Å². The van der Waals surface area contributed by atoms with Gasteiger partial charge in [0.1, 0.15) is 12.3 Å². The number of aliphatic imine (C=N–C) groups is 1. The second kappa shape index (κ2) is 12.5. The summed E-state index contributed by atoms with van der Waals surface area (Å²) in [6.45, 7) is 11.2. The zero-order valence-electron chi connectivity index (χ0n) is 15.5. The normalized spacial score (nSPS) is 17.4. The number of ether oxygens (including phenoxy) is 2. The molecule has 144 valence electrons. The number of halogens is 1. The van der Waals surface area contributed by atoms with E-state index < -0.39 is 0 Å². The van der Waals surface area contributed by atoms with Gasteiger partial charge < -0.3 is 24.5 Å². The molecule has 0 spiro atoms. The number of hydrogen-bond donors (Lipinski definition) is 2. The van der Waals surface area contributed by atoms with Gasteiger partial charge in [0.15, 0.2) is 5.96 Å². The number of rotatable bonds is 9. The van der Waals surface area contributed by atoms with Gasteiger partial charge in [-0.15, -0.1) is 24.0 Å². The maximum absolute atomic E-state index is 5.70. The van der Waals surface area contributed by atoms with E-state index in [1.54, 1.807) is 0 Å². The van der Waals surface area contributed by atoms with Crippen molar-refractivity contribution in [3.05, 3.63) is 17.3 Å². The molecule has 1 unspecified atom stereocenters. The average Bonchev–Trinajstić information content (AvgIpc) is 3.18. The van der Waals surface area contributed by atoms with Crippen LogP contribution >= 0.6 is 24.0 Å². The van der Waals surface area contributed by atoms with Gasteiger partial charge in [0.25, 0.3) is 0 Å². The third kappa shape index (κ3) is 8.37. The van der Waals surface area contributed by atoms with Crippen molar-refractivity contribution < 1.29 is 13.9 Å². The molecule has 25 heavy (non-hydrogen) atoms. The standard InChI is InChI=1S/C17H30N4O3.HI/c1-4-18-17(20-10-16-21-13(2)14(3)24-16)19-7-5-8-22-11-15-6-9-23-12-15;/h15H,4-12H2,1-3H3,(H2,18,19,20);1H. The Kier molecular flexibility index (Phi) is 11.1. The SMILES string of the molecule is CCNC(=NCc1nc(C)c(C)o1)NCCCOCC1CCOC1.I. The molecule has 1 saturated heterocycles. The first-order chi connectivity index (χ1) is 11.7. The molecule has 2 rings (SSSR count). The monoisotopic (exact) mass is 466 g/mol. The molecule has 0 bridgehead atoms. The Morgan fingerprint density at radius 2 is 2.20 bits per heavy atom. The van der Waals surface area contributed by atoms with Crippen molar-refractivity contribution in [2.24, 2.45) is 10.9 Å². The molecule has 2 heterocycles. The Bertz CT molecular complexity index is 496. The fourth-order valence-electron chi connectivity index (χ4n) is 2.44. The van der Waals surface area contributed by atoms with Crippen molar-refractivity contribution in [3.8, 4) is 0 Å². The lowest BCUT2D eigenvalue weighted by molar-refractivity contribution is 0.0888. The van der Waals surface area contributed by atoms with Gasteiger partial charge in [-0.2, -0.15) is 0 Å². The highest BCUT2D eigenvalue weighted by Gasteiger charge is 2.15. The summed E-state index contributed by atoms with van der Waals surface area (Å²) in [5.41, 5.74) is 0.919. The number of guanidine groups is 1. The van der Waals surface area contributed by atoms with Crippen molar-refractivity contribution in [1.29, 1.82) is 0 Å². The minimum absolute atomic E-state index is 0. The Morgan fingerprint density at radius 3 is 2.84 bits per heavy atom. The van der Waals surface area contributed by atoms with Crippen LogP contribution in [0.3, 0.4) is 0 Å². The average molecular weight is 466 g/mol. The summed E-state index contributed by atoms with van der Waals surface area (Å²) in [6, 6.07) is 0. The summed E-state index contributed by atoms with van der Waals surface area (Å²) >= 11 is 0. The molecule has 0 amide bonds. The Morgan fingerprint density at radius 1 is 1.36 bits per heavy atom. The Balaban J connectivity index is 0.00000312. The zero-order valence-corrected chi connectivity index (χ0v) is 17.8. The van der Waals surface area contributed by atoms with Gasteiger partial charge in [0, 0.05) is 32.2 Å². The number of nitrogens with zero attached hydrogens (tertiary/aromatic N) is 2.